The number of carboxylic acid groups (broad SMARTS) is 1. The van der Waals surface area contributed by atoms with Gasteiger partial charge in [-0.3, -0.25) is 9.59 Å². The van der Waals surface area contributed by atoms with Crippen LogP contribution < -0.4 is 5.32 Å². The van der Waals surface area contributed by atoms with E-state index in [0.717, 1.165) is 0 Å². The first kappa shape index (κ1) is 12.9. The number of carbonyl (C=O) groups excluding carboxylic acids is 1. The fraction of sp³-hybridized carbons (Fsp3) is 0.778. The van der Waals surface area contributed by atoms with E-state index in [2.05, 4.69) is 5.32 Å². The Morgan fingerprint density at radius 1 is 1.36 bits per heavy atom. The maximum Gasteiger partial charge on any atom is 0.312 e. The molecule has 0 spiro atoms. The Bertz CT molecular complexity index is 213. The first-order chi connectivity index (χ1) is 6.37. The molecule has 5 nitrogen and oxygen atoms in total. The summed E-state index contributed by atoms with van der Waals surface area (Å²) < 4.78 is 0. The number of aliphatic hydroxyl groups excluding tert-OH is 1. The van der Waals surface area contributed by atoms with E-state index >= 15 is 0 Å². The minimum Gasteiger partial charge on any atom is -0.481 e. The summed E-state index contributed by atoms with van der Waals surface area (Å²) in [5.41, 5.74) is -0.205. The summed E-state index contributed by atoms with van der Waals surface area (Å²) >= 11 is 0. The summed E-state index contributed by atoms with van der Waals surface area (Å²) in [5, 5.41) is 19.5. The zero-order valence-electron chi connectivity index (χ0n) is 8.54. The third kappa shape index (κ3) is 6.42. The molecule has 14 heavy (non-hydrogen) atoms. The number of nitrogens with one attached hydrogen (secondary N) is 1. The Hall–Kier alpha value is -1.10. The molecule has 0 aliphatic carbocycles. The van der Waals surface area contributed by atoms with Crippen LogP contribution in [0.2, 0.25) is 0 Å². The molecule has 0 bridgehead atoms. The Morgan fingerprint density at radius 2 is 1.93 bits per heavy atom. The van der Waals surface area contributed by atoms with E-state index in [1.165, 1.54) is 0 Å². The average molecular weight is 203 g/mol. The van der Waals surface area contributed by atoms with Crippen molar-refractivity contribution in [1.82, 2.24) is 5.32 Å². The summed E-state index contributed by atoms with van der Waals surface area (Å²) in [6.07, 6.45) is 0.0650. The molecule has 0 aromatic heterocycles. The molecule has 5 heteroatoms. The molecule has 0 radical (unpaired) electrons. The smallest absolute Gasteiger partial charge is 0.312 e. The third-order valence-corrected chi connectivity index (χ3v) is 1.86. The molecular weight excluding hydrogens is 186 g/mol. The van der Waals surface area contributed by atoms with Crippen molar-refractivity contribution in [3.05, 3.63) is 0 Å². The van der Waals surface area contributed by atoms with E-state index < -0.39 is 18.3 Å². The molecule has 0 saturated carbocycles. The van der Waals surface area contributed by atoms with Gasteiger partial charge in [0.25, 0.3) is 0 Å². The number of aliphatic hydroxyl groups is 1. The van der Waals surface area contributed by atoms with Crippen LogP contribution in [-0.4, -0.2) is 35.2 Å². The number of hydrogen-bond acceptors (Lipinski definition) is 3. The van der Waals surface area contributed by atoms with Gasteiger partial charge in [-0.25, -0.2) is 0 Å². The highest BCUT2D eigenvalue weighted by Crippen LogP contribution is 2.17. The maximum atomic E-state index is 10.9. The molecule has 0 fully saturated rings. The molecule has 82 valence electrons. The minimum absolute atomic E-state index is 0.0573. The Morgan fingerprint density at radius 3 is 2.36 bits per heavy atom. The second kappa shape index (κ2) is 5.59. The topological polar surface area (TPSA) is 86.6 Å². The molecule has 0 aliphatic heterocycles. The Labute approximate surface area is 83.1 Å². The molecule has 1 amide bonds. The van der Waals surface area contributed by atoms with E-state index in [1.54, 1.807) is 0 Å². The molecule has 0 aliphatic rings. The van der Waals surface area contributed by atoms with Crippen LogP contribution in [0, 0.1) is 5.41 Å². The van der Waals surface area contributed by atoms with Crippen molar-refractivity contribution in [1.29, 1.82) is 0 Å². The highest BCUT2D eigenvalue weighted by molar-refractivity contribution is 5.93. The van der Waals surface area contributed by atoms with Crippen molar-refractivity contribution in [3.8, 4) is 0 Å². The van der Waals surface area contributed by atoms with Crippen LogP contribution in [0.3, 0.4) is 0 Å². The van der Waals surface area contributed by atoms with Crippen LogP contribution >= 0.6 is 0 Å². The van der Waals surface area contributed by atoms with Gasteiger partial charge >= 0.3 is 5.97 Å². The highest BCUT2D eigenvalue weighted by atomic mass is 16.4. The van der Waals surface area contributed by atoms with Crippen LogP contribution in [0.1, 0.15) is 26.7 Å². The molecule has 0 unspecified atom stereocenters. The van der Waals surface area contributed by atoms with Crippen molar-refractivity contribution in [2.24, 2.45) is 5.41 Å². The maximum absolute atomic E-state index is 10.9. The average Bonchev–Trinajstić information content (AvgIpc) is 2.00. The molecule has 0 aromatic carbocycles. The first-order valence-electron chi connectivity index (χ1n) is 4.47. The van der Waals surface area contributed by atoms with E-state index in [-0.39, 0.29) is 12.0 Å². The minimum atomic E-state index is -1.14. The van der Waals surface area contributed by atoms with Crippen molar-refractivity contribution in [2.45, 2.75) is 26.7 Å². The third-order valence-electron chi connectivity index (χ3n) is 1.86. The lowest BCUT2D eigenvalue weighted by atomic mass is 9.90. The quantitative estimate of drug-likeness (QED) is 0.530. The summed E-state index contributed by atoms with van der Waals surface area (Å²) in [7, 11) is 0. The lowest BCUT2D eigenvalue weighted by Gasteiger charge is -2.23. The normalized spacial score (nSPS) is 11.1. The number of aliphatic carboxylic acids is 1. The SMILES string of the molecule is CC(C)(CCO)CNC(=O)CC(=O)O. The first-order valence-corrected chi connectivity index (χ1v) is 4.47. The van der Waals surface area contributed by atoms with Gasteiger partial charge in [-0.15, -0.1) is 0 Å². The van der Waals surface area contributed by atoms with Gasteiger partial charge in [-0.1, -0.05) is 13.8 Å². The van der Waals surface area contributed by atoms with Crippen LogP contribution in [0.4, 0.5) is 0 Å². The van der Waals surface area contributed by atoms with Gasteiger partial charge in [0.05, 0.1) is 0 Å². The molecule has 0 rings (SSSR count). The number of hydrogen-bond donors (Lipinski definition) is 3. The standard InChI is InChI=1S/C9H17NO4/c1-9(2,3-4-11)6-10-7(12)5-8(13)14/h11H,3-6H2,1-2H3,(H,10,12)(H,13,14). The van der Waals surface area contributed by atoms with Crippen LogP contribution in [-0.2, 0) is 9.59 Å². The van der Waals surface area contributed by atoms with Crippen LogP contribution in [0.5, 0.6) is 0 Å². The van der Waals surface area contributed by atoms with Gasteiger partial charge in [-0.2, -0.15) is 0 Å². The van der Waals surface area contributed by atoms with Gasteiger partial charge in [0, 0.05) is 13.2 Å². The zero-order chi connectivity index (χ0) is 11.2. The fourth-order valence-corrected chi connectivity index (χ4v) is 0.929. The van der Waals surface area contributed by atoms with E-state index in [4.69, 9.17) is 10.2 Å². The van der Waals surface area contributed by atoms with Gasteiger partial charge in [0.2, 0.25) is 5.91 Å². The fourth-order valence-electron chi connectivity index (χ4n) is 0.929. The van der Waals surface area contributed by atoms with Gasteiger partial charge < -0.3 is 15.5 Å². The molecule has 0 atom stereocenters. The number of carboxylic acids is 1. The van der Waals surface area contributed by atoms with Crippen molar-refractivity contribution in [3.63, 3.8) is 0 Å². The number of rotatable bonds is 6. The Balaban J connectivity index is 3.81. The summed E-state index contributed by atoms with van der Waals surface area (Å²) in [4.78, 5) is 21.1. The van der Waals surface area contributed by atoms with Gasteiger partial charge in [0.1, 0.15) is 6.42 Å². The monoisotopic (exact) mass is 203 g/mol. The summed E-state index contributed by atoms with van der Waals surface area (Å²) in [6.45, 7) is 4.22. The summed E-state index contributed by atoms with van der Waals surface area (Å²) in [6, 6.07) is 0. The van der Waals surface area contributed by atoms with Crippen molar-refractivity contribution in [2.75, 3.05) is 13.2 Å². The lowest BCUT2D eigenvalue weighted by Crippen LogP contribution is -2.35. The molecule has 0 heterocycles. The second-order valence-electron chi connectivity index (χ2n) is 3.99. The summed E-state index contributed by atoms with van der Waals surface area (Å²) in [5.74, 6) is -1.63. The second-order valence-corrected chi connectivity index (χ2v) is 3.99. The lowest BCUT2D eigenvalue weighted by molar-refractivity contribution is -0.140. The van der Waals surface area contributed by atoms with E-state index in [1.807, 2.05) is 13.8 Å². The van der Waals surface area contributed by atoms with Crippen LogP contribution in [0.15, 0.2) is 0 Å². The Kier molecular flexibility index (Phi) is 5.15. The molecular formula is C9H17NO4. The molecule has 0 aromatic rings. The molecule has 3 N–H and O–H groups in total. The zero-order valence-corrected chi connectivity index (χ0v) is 8.54. The number of amides is 1. The predicted octanol–water partition coefficient (Wildman–Crippen LogP) is -0.0141. The highest BCUT2D eigenvalue weighted by Gasteiger charge is 2.18. The van der Waals surface area contributed by atoms with Crippen LogP contribution in [0.25, 0.3) is 0 Å². The molecule has 0 saturated heterocycles. The van der Waals surface area contributed by atoms with E-state index in [9.17, 15) is 9.59 Å². The van der Waals surface area contributed by atoms with Gasteiger partial charge in [-0.05, 0) is 11.8 Å². The van der Waals surface area contributed by atoms with Gasteiger partial charge in [0.15, 0.2) is 0 Å². The van der Waals surface area contributed by atoms with E-state index in [0.29, 0.717) is 13.0 Å². The number of carbonyl (C=O) groups is 2. The van der Waals surface area contributed by atoms with Crippen molar-refractivity contribution >= 4 is 11.9 Å². The largest absolute Gasteiger partial charge is 0.481 e. The van der Waals surface area contributed by atoms with Crippen molar-refractivity contribution < 1.29 is 19.8 Å². The predicted molar refractivity (Wildman–Crippen MR) is 50.7 cm³/mol.